The summed E-state index contributed by atoms with van der Waals surface area (Å²) in [6.07, 6.45) is 1.56. The van der Waals surface area contributed by atoms with Crippen LogP contribution in [-0.4, -0.2) is 42.3 Å². The van der Waals surface area contributed by atoms with Crippen molar-refractivity contribution >= 4 is 44.7 Å². The van der Waals surface area contributed by atoms with Crippen LogP contribution >= 0.6 is 23.6 Å². The van der Waals surface area contributed by atoms with E-state index in [1.165, 1.54) is 15.3 Å². The van der Waals surface area contributed by atoms with Gasteiger partial charge in [0.1, 0.15) is 11.2 Å². The van der Waals surface area contributed by atoms with Crippen molar-refractivity contribution in [3.8, 4) is 0 Å². The molecule has 0 aliphatic rings. The summed E-state index contributed by atoms with van der Waals surface area (Å²) in [6.45, 7) is 6.00. The van der Waals surface area contributed by atoms with Crippen molar-refractivity contribution in [2.75, 3.05) is 32.6 Å². The molecule has 0 bridgehead atoms. The average molecular weight is 325 g/mol. The molecule has 0 unspecified atom stereocenters. The first-order chi connectivity index (χ1) is 9.99. The van der Waals surface area contributed by atoms with Gasteiger partial charge in [-0.15, -0.1) is 11.3 Å². The topological polar surface area (TPSA) is 66.3 Å². The standard InChI is InChI=1S/C13H20N6S2/c1-8-9(2)21-12-10(8)11(15-7-16-12)17-18-13(20)14-5-6-19(3)4/h7H,5-6H2,1-4H3,(H2,14,18,20)(H,15,16,17)/p+1. The van der Waals surface area contributed by atoms with Gasteiger partial charge in [-0.25, -0.2) is 9.97 Å². The third kappa shape index (κ3) is 3.99. The molecule has 6 nitrogen and oxygen atoms in total. The molecule has 8 heteroatoms. The number of aromatic nitrogens is 2. The van der Waals surface area contributed by atoms with E-state index >= 15 is 0 Å². The molecule has 2 aromatic rings. The van der Waals surface area contributed by atoms with Crippen LogP contribution in [0.1, 0.15) is 10.4 Å². The van der Waals surface area contributed by atoms with Crippen LogP contribution in [-0.2, 0) is 0 Å². The predicted molar refractivity (Wildman–Crippen MR) is 91.9 cm³/mol. The lowest BCUT2D eigenvalue weighted by molar-refractivity contribution is -0.856. The summed E-state index contributed by atoms with van der Waals surface area (Å²) in [5.74, 6) is 0.754. The van der Waals surface area contributed by atoms with E-state index in [1.54, 1.807) is 17.7 Å². The van der Waals surface area contributed by atoms with Crippen molar-refractivity contribution in [2.24, 2.45) is 0 Å². The van der Waals surface area contributed by atoms with Gasteiger partial charge in [-0.1, -0.05) is 0 Å². The lowest BCUT2D eigenvalue weighted by Crippen LogP contribution is -3.06. The largest absolute Gasteiger partial charge is 0.356 e. The number of rotatable bonds is 5. The van der Waals surface area contributed by atoms with E-state index in [0.717, 1.165) is 29.1 Å². The van der Waals surface area contributed by atoms with Crippen LogP contribution in [0.4, 0.5) is 5.82 Å². The third-order valence-electron chi connectivity index (χ3n) is 3.17. The summed E-state index contributed by atoms with van der Waals surface area (Å²) in [5, 5.41) is 4.76. The molecule has 0 amide bonds. The predicted octanol–water partition coefficient (Wildman–Crippen LogP) is 0.244. The molecule has 0 aliphatic carbocycles. The number of thiophene rings is 1. The SMILES string of the molecule is Cc1sc2ncnc(NNC(=S)NCC[NH+](C)C)c2c1C. The minimum absolute atomic E-state index is 0.563. The average Bonchev–Trinajstić information content (AvgIpc) is 2.72. The first-order valence-corrected chi connectivity index (χ1v) is 8.01. The first kappa shape index (κ1) is 15.9. The Morgan fingerprint density at radius 1 is 1.33 bits per heavy atom. The molecule has 0 aromatic carbocycles. The molecule has 0 radical (unpaired) electrons. The Balaban J connectivity index is 1.99. The Labute approximate surface area is 133 Å². The lowest BCUT2D eigenvalue weighted by Gasteiger charge is -2.13. The molecule has 2 heterocycles. The molecule has 0 spiro atoms. The van der Waals surface area contributed by atoms with Crippen molar-refractivity contribution in [3.63, 3.8) is 0 Å². The van der Waals surface area contributed by atoms with Gasteiger partial charge in [-0.2, -0.15) is 0 Å². The number of fused-ring (bicyclic) bond motifs is 1. The Bertz CT molecular complexity index is 637. The number of thiocarbonyl (C=S) groups is 1. The Morgan fingerprint density at radius 3 is 2.81 bits per heavy atom. The van der Waals surface area contributed by atoms with E-state index in [1.807, 2.05) is 0 Å². The van der Waals surface area contributed by atoms with Gasteiger partial charge in [0.25, 0.3) is 0 Å². The Kier molecular flexibility index (Phi) is 5.27. The first-order valence-electron chi connectivity index (χ1n) is 6.78. The fourth-order valence-corrected chi connectivity index (χ4v) is 3.01. The highest BCUT2D eigenvalue weighted by molar-refractivity contribution is 7.80. The van der Waals surface area contributed by atoms with Crippen molar-refractivity contribution in [1.29, 1.82) is 0 Å². The summed E-state index contributed by atoms with van der Waals surface area (Å²) >= 11 is 6.91. The Morgan fingerprint density at radius 2 is 2.10 bits per heavy atom. The number of hydrogen-bond acceptors (Lipinski definition) is 5. The van der Waals surface area contributed by atoms with Crippen LogP contribution in [0, 0.1) is 13.8 Å². The molecule has 2 aromatic heterocycles. The number of hydrazine groups is 1. The fourth-order valence-electron chi connectivity index (χ4n) is 1.86. The Hall–Kier alpha value is -1.51. The van der Waals surface area contributed by atoms with Crippen LogP contribution in [0.25, 0.3) is 10.2 Å². The fraction of sp³-hybridized carbons (Fsp3) is 0.462. The molecule has 114 valence electrons. The van der Waals surface area contributed by atoms with Crippen LogP contribution in [0.2, 0.25) is 0 Å². The maximum atomic E-state index is 5.23. The van der Waals surface area contributed by atoms with Crippen LogP contribution in [0.15, 0.2) is 6.33 Å². The van der Waals surface area contributed by atoms with Crippen molar-refractivity contribution < 1.29 is 4.90 Å². The molecule has 0 aliphatic heterocycles. The molecule has 0 saturated heterocycles. The van der Waals surface area contributed by atoms with Crippen molar-refractivity contribution in [3.05, 3.63) is 16.8 Å². The minimum Gasteiger partial charge on any atom is -0.356 e. The van der Waals surface area contributed by atoms with Gasteiger partial charge in [-0.05, 0) is 31.6 Å². The highest BCUT2D eigenvalue weighted by atomic mass is 32.1. The minimum atomic E-state index is 0.563. The van der Waals surface area contributed by atoms with Crippen LogP contribution in [0.5, 0.6) is 0 Å². The lowest BCUT2D eigenvalue weighted by atomic mass is 10.2. The van der Waals surface area contributed by atoms with Crippen molar-refractivity contribution in [2.45, 2.75) is 13.8 Å². The maximum absolute atomic E-state index is 5.23. The molecular weight excluding hydrogens is 304 g/mol. The number of anilines is 1. The van der Waals surface area contributed by atoms with Gasteiger partial charge in [0, 0.05) is 4.88 Å². The molecule has 2 rings (SSSR count). The molecular formula is C13H21N6S2+. The smallest absolute Gasteiger partial charge is 0.185 e. The number of aryl methyl sites for hydroxylation is 2. The summed E-state index contributed by atoms with van der Waals surface area (Å²) in [4.78, 5) is 12.2. The maximum Gasteiger partial charge on any atom is 0.185 e. The molecule has 0 atom stereocenters. The number of hydrogen-bond donors (Lipinski definition) is 4. The number of nitrogens with zero attached hydrogens (tertiary/aromatic N) is 2. The van der Waals surface area contributed by atoms with Gasteiger partial charge >= 0.3 is 0 Å². The zero-order valence-corrected chi connectivity index (χ0v) is 14.3. The number of quaternary nitrogens is 1. The zero-order chi connectivity index (χ0) is 15.4. The third-order valence-corrected chi connectivity index (χ3v) is 4.53. The molecule has 0 fully saturated rings. The highest BCUT2D eigenvalue weighted by Crippen LogP contribution is 2.31. The number of likely N-dealkylation sites (N-methyl/N-ethyl adjacent to an activating group) is 1. The second kappa shape index (κ2) is 6.97. The van der Waals surface area contributed by atoms with E-state index in [2.05, 4.69) is 54.1 Å². The highest BCUT2D eigenvalue weighted by Gasteiger charge is 2.11. The van der Waals surface area contributed by atoms with Gasteiger partial charge in [0.15, 0.2) is 10.9 Å². The normalized spacial score (nSPS) is 10.9. The van der Waals surface area contributed by atoms with E-state index in [-0.39, 0.29) is 0 Å². The monoisotopic (exact) mass is 325 g/mol. The van der Waals surface area contributed by atoms with E-state index in [4.69, 9.17) is 12.2 Å². The van der Waals surface area contributed by atoms with E-state index in [0.29, 0.717) is 5.11 Å². The molecule has 0 saturated carbocycles. The molecule has 21 heavy (non-hydrogen) atoms. The van der Waals surface area contributed by atoms with Gasteiger partial charge in [0.2, 0.25) is 0 Å². The molecule has 4 N–H and O–H groups in total. The van der Waals surface area contributed by atoms with Crippen LogP contribution < -0.4 is 21.1 Å². The van der Waals surface area contributed by atoms with Gasteiger partial charge < -0.3 is 10.2 Å². The van der Waals surface area contributed by atoms with Gasteiger partial charge in [0.05, 0.1) is 32.6 Å². The second-order valence-corrected chi connectivity index (χ2v) is 6.76. The summed E-state index contributed by atoms with van der Waals surface area (Å²) in [5.41, 5.74) is 7.26. The van der Waals surface area contributed by atoms with E-state index in [9.17, 15) is 0 Å². The number of nitrogens with one attached hydrogen (secondary N) is 4. The van der Waals surface area contributed by atoms with Gasteiger partial charge in [-0.3, -0.25) is 10.9 Å². The van der Waals surface area contributed by atoms with Crippen molar-refractivity contribution in [1.82, 2.24) is 20.7 Å². The summed E-state index contributed by atoms with van der Waals surface area (Å²) in [6, 6.07) is 0. The summed E-state index contributed by atoms with van der Waals surface area (Å²) < 4.78 is 0. The quantitative estimate of drug-likeness (QED) is 0.467. The van der Waals surface area contributed by atoms with E-state index < -0.39 is 0 Å². The summed E-state index contributed by atoms with van der Waals surface area (Å²) in [7, 11) is 4.21. The second-order valence-electron chi connectivity index (χ2n) is 5.15. The van der Waals surface area contributed by atoms with Crippen LogP contribution in [0.3, 0.4) is 0 Å². The zero-order valence-electron chi connectivity index (χ0n) is 12.7.